The van der Waals surface area contributed by atoms with Crippen molar-refractivity contribution >= 4 is 46.0 Å². The number of hydrogen-bond acceptors (Lipinski definition) is 4. The lowest BCUT2D eigenvalue weighted by molar-refractivity contribution is -0.116. The Labute approximate surface area is 177 Å². The molecule has 0 aliphatic heterocycles. The molecule has 6 nitrogen and oxygen atoms in total. The third-order valence-electron chi connectivity index (χ3n) is 4.42. The molecule has 0 bridgehead atoms. The molecule has 1 N–H and O–H groups in total. The number of hydrogen-bond donors (Lipinski definition) is 1. The number of fused-ring (bicyclic) bond motifs is 1. The Morgan fingerprint density at radius 3 is 2.66 bits per heavy atom. The minimum absolute atomic E-state index is 0.0357. The van der Waals surface area contributed by atoms with Gasteiger partial charge in [0, 0.05) is 17.3 Å². The van der Waals surface area contributed by atoms with Crippen molar-refractivity contribution in [1.29, 1.82) is 0 Å². The van der Waals surface area contributed by atoms with E-state index in [1.807, 2.05) is 27.0 Å². The molecule has 2 heterocycles. The number of thioether (sulfide) groups is 1. The fourth-order valence-electron chi connectivity index (χ4n) is 3.16. The van der Waals surface area contributed by atoms with Gasteiger partial charge in [-0.3, -0.25) is 14.2 Å². The Morgan fingerprint density at radius 2 is 2.03 bits per heavy atom. The van der Waals surface area contributed by atoms with Gasteiger partial charge in [0.15, 0.2) is 5.16 Å². The highest BCUT2D eigenvalue weighted by molar-refractivity contribution is 7.98. The Balaban J connectivity index is 1.99. The molecule has 2 aromatic heterocycles. The molecule has 0 saturated carbocycles. The standard InChI is InChI=1S/C20H22ClFN4O2S/c1-11(2)9-26-19(28)18-16(24-20(26)29-4)7-12(3)25(18)10-17(27)23-15-6-5-13(21)8-14(15)22/h5-8,11H,9-10H2,1-4H3,(H,23,27). The van der Waals surface area contributed by atoms with E-state index in [4.69, 9.17) is 11.6 Å². The number of benzene rings is 1. The first-order valence-electron chi connectivity index (χ1n) is 9.10. The van der Waals surface area contributed by atoms with Gasteiger partial charge in [0.2, 0.25) is 5.91 Å². The molecule has 3 aromatic rings. The van der Waals surface area contributed by atoms with Crippen molar-refractivity contribution < 1.29 is 9.18 Å². The highest BCUT2D eigenvalue weighted by atomic mass is 35.5. The number of anilines is 1. The molecular weight excluding hydrogens is 415 g/mol. The first-order chi connectivity index (χ1) is 13.7. The lowest BCUT2D eigenvalue weighted by Crippen LogP contribution is -2.28. The van der Waals surface area contributed by atoms with Crippen molar-refractivity contribution in [2.75, 3.05) is 11.6 Å². The Kier molecular flexibility index (Phi) is 6.33. The smallest absolute Gasteiger partial charge is 0.278 e. The maximum atomic E-state index is 14.0. The summed E-state index contributed by atoms with van der Waals surface area (Å²) in [6, 6.07) is 5.81. The van der Waals surface area contributed by atoms with Crippen molar-refractivity contribution in [2.45, 2.75) is 39.0 Å². The van der Waals surface area contributed by atoms with Gasteiger partial charge in [0.1, 0.15) is 17.9 Å². The summed E-state index contributed by atoms with van der Waals surface area (Å²) >= 11 is 7.16. The van der Waals surface area contributed by atoms with E-state index in [-0.39, 0.29) is 28.7 Å². The fourth-order valence-corrected chi connectivity index (χ4v) is 3.88. The minimum Gasteiger partial charge on any atom is -0.330 e. The minimum atomic E-state index is -0.620. The Bertz CT molecular complexity index is 1140. The number of aromatic nitrogens is 3. The predicted molar refractivity (Wildman–Crippen MR) is 115 cm³/mol. The van der Waals surface area contributed by atoms with Crippen LogP contribution in [0.3, 0.4) is 0 Å². The normalized spacial score (nSPS) is 11.4. The summed E-state index contributed by atoms with van der Waals surface area (Å²) in [5, 5.41) is 3.41. The highest BCUT2D eigenvalue weighted by Crippen LogP contribution is 2.21. The van der Waals surface area contributed by atoms with E-state index in [1.54, 1.807) is 15.2 Å². The van der Waals surface area contributed by atoms with Crippen LogP contribution in [0.25, 0.3) is 11.0 Å². The van der Waals surface area contributed by atoms with Crippen LogP contribution in [0.1, 0.15) is 19.5 Å². The summed E-state index contributed by atoms with van der Waals surface area (Å²) in [6.07, 6.45) is 1.88. The molecule has 1 amide bonds. The summed E-state index contributed by atoms with van der Waals surface area (Å²) < 4.78 is 17.2. The third kappa shape index (κ3) is 4.48. The van der Waals surface area contributed by atoms with Gasteiger partial charge in [-0.2, -0.15) is 0 Å². The van der Waals surface area contributed by atoms with E-state index in [1.165, 1.54) is 23.9 Å². The van der Waals surface area contributed by atoms with Crippen LogP contribution in [-0.4, -0.2) is 26.3 Å². The van der Waals surface area contributed by atoms with Crippen LogP contribution >= 0.6 is 23.4 Å². The number of carbonyl (C=O) groups excluding carboxylic acids is 1. The molecule has 0 unspecified atom stereocenters. The van der Waals surface area contributed by atoms with Crippen LogP contribution in [0, 0.1) is 18.7 Å². The number of halogens is 2. The number of amides is 1. The molecule has 0 spiro atoms. The van der Waals surface area contributed by atoms with Gasteiger partial charge in [0.05, 0.1) is 11.2 Å². The van der Waals surface area contributed by atoms with Gasteiger partial charge in [-0.15, -0.1) is 0 Å². The summed E-state index contributed by atoms with van der Waals surface area (Å²) in [5.41, 5.74) is 1.49. The highest BCUT2D eigenvalue weighted by Gasteiger charge is 2.19. The molecule has 0 aliphatic rings. The molecule has 1 aromatic carbocycles. The average Bonchev–Trinajstić information content (AvgIpc) is 2.95. The molecule has 0 radical (unpaired) electrons. The maximum absolute atomic E-state index is 14.0. The first-order valence-corrected chi connectivity index (χ1v) is 10.7. The van der Waals surface area contributed by atoms with Crippen molar-refractivity contribution in [1.82, 2.24) is 14.1 Å². The van der Waals surface area contributed by atoms with Crippen LogP contribution < -0.4 is 10.9 Å². The van der Waals surface area contributed by atoms with Crippen molar-refractivity contribution in [3.05, 3.63) is 51.2 Å². The molecule has 9 heteroatoms. The van der Waals surface area contributed by atoms with Gasteiger partial charge in [0.25, 0.3) is 5.56 Å². The SMILES string of the molecule is CSc1nc2cc(C)n(CC(=O)Nc3ccc(Cl)cc3F)c2c(=O)n1CC(C)C. The van der Waals surface area contributed by atoms with Gasteiger partial charge < -0.3 is 9.88 Å². The van der Waals surface area contributed by atoms with Gasteiger partial charge >= 0.3 is 0 Å². The molecule has 154 valence electrons. The first kappa shape index (κ1) is 21.4. The zero-order valence-electron chi connectivity index (χ0n) is 16.6. The number of rotatable bonds is 6. The lowest BCUT2D eigenvalue weighted by Gasteiger charge is -2.14. The van der Waals surface area contributed by atoms with E-state index in [2.05, 4.69) is 10.3 Å². The third-order valence-corrected chi connectivity index (χ3v) is 5.33. The summed E-state index contributed by atoms with van der Waals surface area (Å²) in [7, 11) is 0. The second-order valence-corrected chi connectivity index (χ2v) is 8.40. The predicted octanol–water partition coefficient (Wildman–Crippen LogP) is 4.32. The van der Waals surface area contributed by atoms with Gasteiger partial charge in [-0.1, -0.05) is 37.2 Å². The van der Waals surface area contributed by atoms with Crippen LogP contribution in [0.4, 0.5) is 10.1 Å². The number of aryl methyl sites for hydroxylation is 1. The molecule has 3 rings (SSSR count). The van der Waals surface area contributed by atoms with Crippen molar-refractivity contribution in [3.63, 3.8) is 0 Å². The number of nitrogens with one attached hydrogen (secondary N) is 1. The largest absolute Gasteiger partial charge is 0.330 e. The summed E-state index contributed by atoms with van der Waals surface area (Å²) in [5.74, 6) is -0.806. The Hall–Kier alpha value is -2.32. The molecule has 29 heavy (non-hydrogen) atoms. The van der Waals surface area contributed by atoms with Crippen LogP contribution in [0.15, 0.2) is 34.2 Å². The van der Waals surface area contributed by atoms with Crippen molar-refractivity contribution in [2.24, 2.45) is 5.92 Å². The number of nitrogens with zero attached hydrogens (tertiary/aromatic N) is 3. The fraction of sp³-hybridized carbons (Fsp3) is 0.350. The summed E-state index contributed by atoms with van der Waals surface area (Å²) in [6.45, 7) is 6.26. The van der Waals surface area contributed by atoms with Crippen LogP contribution in [-0.2, 0) is 17.9 Å². The molecule has 0 aliphatic carbocycles. The monoisotopic (exact) mass is 436 g/mol. The van der Waals surface area contributed by atoms with Crippen LogP contribution in [0.5, 0.6) is 0 Å². The average molecular weight is 437 g/mol. The van der Waals surface area contributed by atoms with E-state index < -0.39 is 11.7 Å². The van der Waals surface area contributed by atoms with E-state index in [0.717, 1.165) is 11.8 Å². The Morgan fingerprint density at radius 1 is 1.31 bits per heavy atom. The topological polar surface area (TPSA) is 68.9 Å². The van der Waals surface area contributed by atoms with Crippen LogP contribution in [0.2, 0.25) is 5.02 Å². The van der Waals surface area contributed by atoms with Gasteiger partial charge in [-0.25, -0.2) is 9.37 Å². The second kappa shape index (κ2) is 8.59. The number of carbonyl (C=O) groups is 1. The van der Waals surface area contributed by atoms with E-state index in [9.17, 15) is 14.0 Å². The quantitative estimate of drug-likeness (QED) is 0.461. The zero-order chi connectivity index (χ0) is 21.3. The second-order valence-electron chi connectivity index (χ2n) is 7.19. The molecule has 0 saturated heterocycles. The van der Waals surface area contributed by atoms with Gasteiger partial charge in [-0.05, 0) is 43.4 Å². The zero-order valence-corrected chi connectivity index (χ0v) is 18.2. The van der Waals surface area contributed by atoms with E-state index in [0.29, 0.717) is 22.7 Å². The van der Waals surface area contributed by atoms with Crippen molar-refractivity contribution in [3.8, 4) is 0 Å². The lowest BCUT2D eigenvalue weighted by atomic mass is 10.2. The molecule has 0 fully saturated rings. The summed E-state index contributed by atoms with van der Waals surface area (Å²) in [4.78, 5) is 30.3. The maximum Gasteiger partial charge on any atom is 0.278 e. The van der Waals surface area contributed by atoms with E-state index >= 15 is 0 Å². The molecule has 0 atom stereocenters. The molecular formula is C20H22ClFN4O2S.